The number of thioether (sulfide) groups is 1. The number of rotatable bonds is 6. The Bertz CT molecular complexity index is 662. The Morgan fingerprint density at radius 2 is 2.32 bits per heavy atom. The van der Waals surface area contributed by atoms with E-state index in [0.717, 1.165) is 5.03 Å². The van der Waals surface area contributed by atoms with Crippen LogP contribution in [-0.2, 0) is 4.79 Å². The minimum absolute atomic E-state index is 0.0571. The van der Waals surface area contributed by atoms with Gasteiger partial charge in [0.2, 0.25) is 5.91 Å². The second-order valence-corrected chi connectivity index (χ2v) is 5.17. The predicted octanol–water partition coefficient (Wildman–Crippen LogP) is 2.04. The molecule has 0 aliphatic heterocycles. The average Bonchev–Trinajstić information content (AvgIpc) is 2.55. The Balaban J connectivity index is 1.85. The largest absolute Gasteiger partial charge is 0.507 e. The van der Waals surface area contributed by atoms with E-state index in [1.807, 2.05) is 18.2 Å². The number of nitrogens with zero attached hydrogens (tertiary/aromatic N) is 2. The lowest BCUT2D eigenvalue weighted by Crippen LogP contribution is -2.19. The zero-order chi connectivity index (χ0) is 15.8. The summed E-state index contributed by atoms with van der Waals surface area (Å²) in [4.78, 5) is 15.8. The number of benzene rings is 1. The molecule has 2 rings (SSSR count). The predicted molar refractivity (Wildman–Crippen MR) is 85.4 cm³/mol. The number of hydrazone groups is 1. The molecule has 114 valence electrons. The van der Waals surface area contributed by atoms with Crippen LogP contribution in [0.2, 0.25) is 0 Å². The van der Waals surface area contributed by atoms with E-state index in [2.05, 4.69) is 15.5 Å². The van der Waals surface area contributed by atoms with Crippen molar-refractivity contribution in [1.29, 1.82) is 0 Å². The second kappa shape index (κ2) is 8.04. The highest BCUT2D eigenvalue weighted by Gasteiger charge is 2.03. The Hall–Kier alpha value is -2.54. The summed E-state index contributed by atoms with van der Waals surface area (Å²) in [6.45, 7) is 0. The zero-order valence-electron chi connectivity index (χ0n) is 11.9. The van der Waals surface area contributed by atoms with E-state index < -0.39 is 0 Å². The summed E-state index contributed by atoms with van der Waals surface area (Å²) in [6.07, 6.45) is 3.03. The standard InChI is InChI=1S/C15H15N3O3S/c1-21-12-5-6-13(19)11(8-12)9-17-18-14(20)10-22-15-4-2-3-7-16-15/h2-9,19H,10H2,1H3,(H,18,20)/b17-9+. The Morgan fingerprint density at radius 1 is 1.45 bits per heavy atom. The van der Waals surface area contributed by atoms with Gasteiger partial charge in [0.25, 0.3) is 0 Å². The van der Waals surface area contributed by atoms with E-state index in [-0.39, 0.29) is 17.4 Å². The summed E-state index contributed by atoms with van der Waals surface area (Å²) in [5, 5.41) is 14.3. The summed E-state index contributed by atoms with van der Waals surface area (Å²) < 4.78 is 5.05. The van der Waals surface area contributed by atoms with Gasteiger partial charge in [-0.3, -0.25) is 4.79 Å². The van der Waals surface area contributed by atoms with Crippen molar-refractivity contribution >= 4 is 23.9 Å². The van der Waals surface area contributed by atoms with Gasteiger partial charge in [-0.15, -0.1) is 0 Å². The first kappa shape index (κ1) is 15.8. The minimum Gasteiger partial charge on any atom is -0.507 e. The summed E-state index contributed by atoms with van der Waals surface area (Å²) in [5.41, 5.74) is 2.85. The SMILES string of the molecule is COc1ccc(O)c(/C=N/NC(=O)CSc2ccccn2)c1. The topological polar surface area (TPSA) is 83.8 Å². The van der Waals surface area contributed by atoms with Crippen LogP contribution in [0.4, 0.5) is 0 Å². The van der Waals surface area contributed by atoms with E-state index in [1.165, 1.54) is 31.2 Å². The van der Waals surface area contributed by atoms with Crippen molar-refractivity contribution in [2.24, 2.45) is 5.10 Å². The zero-order valence-corrected chi connectivity index (χ0v) is 12.7. The molecule has 0 radical (unpaired) electrons. The van der Waals surface area contributed by atoms with Gasteiger partial charge in [-0.1, -0.05) is 17.8 Å². The van der Waals surface area contributed by atoms with Crippen molar-refractivity contribution in [3.63, 3.8) is 0 Å². The second-order valence-electron chi connectivity index (χ2n) is 4.17. The molecular weight excluding hydrogens is 302 g/mol. The van der Waals surface area contributed by atoms with Crippen molar-refractivity contribution in [1.82, 2.24) is 10.4 Å². The number of phenols is 1. The van der Waals surface area contributed by atoms with Gasteiger partial charge in [-0.25, -0.2) is 10.4 Å². The molecule has 0 spiro atoms. The van der Waals surface area contributed by atoms with Gasteiger partial charge in [0.05, 0.1) is 24.1 Å². The molecule has 0 unspecified atom stereocenters. The number of ether oxygens (including phenoxy) is 1. The molecule has 0 atom stereocenters. The van der Waals surface area contributed by atoms with E-state index in [0.29, 0.717) is 11.3 Å². The monoisotopic (exact) mass is 317 g/mol. The summed E-state index contributed by atoms with van der Waals surface area (Å²) in [6, 6.07) is 10.3. The number of hydrogen-bond acceptors (Lipinski definition) is 6. The molecule has 0 fully saturated rings. The van der Waals surface area contributed by atoms with Crippen LogP contribution >= 0.6 is 11.8 Å². The number of aromatic hydroxyl groups is 1. The molecule has 2 N–H and O–H groups in total. The maximum atomic E-state index is 11.7. The molecule has 1 aromatic heterocycles. The molecular formula is C15H15N3O3S. The van der Waals surface area contributed by atoms with Gasteiger partial charge in [0, 0.05) is 11.8 Å². The average molecular weight is 317 g/mol. The summed E-state index contributed by atoms with van der Waals surface area (Å²) in [7, 11) is 1.53. The third kappa shape index (κ3) is 4.78. The number of aromatic nitrogens is 1. The number of hydrogen-bond donors (Lipinski definition) is 2. The quantitative estimate of drug-likeness (QED) is 0.484. The number of carbonyl (C=O) groups excluding carboxylic acids is 1. The molecule has 1 aromatic carbocycles. The lowest BCUT2D eigenvalue weighted by Gasteiger charge is -2.03. The highest BCUT2D eigenvalue weighted by atomic mass is 32.2. The van der Waals surface area contributed by atoms with Crippen LogP contribution in [0.25, 0.3) is 0 Å². The fourth-order valence-electron chi connectivity index (χ4n) is 1.54. The smallest absolute Gasteiger partial charge is 0.250 e. The molecule has 0 aliphatic carbocycles. The third-order valence-electron chi connectivity index (χ3n) is 2.62. The fraction of sp³-hybridized carbons (Fsp3) is 0.133. The highest BCUT2D eigenvalue weighted by molar-refractivity contribution is 7.99. The molecule has 7 heteroatoms. The number of pyridine rings is 1. The van der Waals surface area contributed by atoms with Crippen molar-refractivity contribution in [2.45, 2.75) is 5.03 Å². The van der Waals surface area contributed by atoms with Crippen LogP contribution in [-0.4, -0.2) is 35.1 Å². The molecule has 0 saturated heterocycles. The van der Waals surface area contributed by atoms with Gasteiger partial charge in [-0.2, -0.15) is 5.10 Å². The number of amides is 1. The van der Waals surface area contributed by atoms with Crippen molar-refractivity contribution in [3.05, 3.63) is 48.2 Å². The first-order valence-corrected chi connectivity index (χ1v) is 7.40. The molecule has 2 aromatic rings. The van der Waals surface area contributed by atoms with Crippen LogP contribution in [0, 0.1) is 0 Å². The fourth-order valence-corrected chi connectivity index (χ4v) is 2.19. The third-order valence-corrected chi connectivity index (χ3v) is 3.56. The maximum Gasteiger partial charge on any atom is 0.250 e. The van der Waals surface area contributed by atoms with Crippen LogP contribution in [0.5, 0.6) is 11.5 Å². The van der Waals surface area contributed by atoms with Crippen molar-refractivity contribution in [2.75, 3.05) is 12.9 Å². The molecule has 1 amide bonds. The van der Waals surface area contributed by atoms with Gasteiger partial charge >= 0.3 is 0 Å². The Morgan fingerprint density at radius 3 is 3.05 bits per heavy atom. The Labute approximate surface area is 132 Å². The number of nitrogens with one attached hydrogen (secondary N) is 1. The summed E-state index contributed by atoms with van der Waals surface area (Å²) in [5.74, 6) is 0.602. The lowest BCUT2D eigenvalue weighted by atomic mass is 10.2. The van der Waals surface area contributed by atoms with Crippen LogP contribution in [0.3, 0.4) is 0 Å². The van der Waals surface area contributed by atoms with Crippen LogP contribution < -0.4 is 10.2 Å². The van der Waals surface area contributed by atoms with Gasteiger partial charge in [-0.05, 0) is 30.3 Å². The van der Waals surface area contributed by atoms with Gasteiger partial charge in [0.1, 0.15) is 11.5 Å². The number of carbonyl (C=O) groups is 1. The van der Waals surface area contributed by atoms with Gasteiger partial charge < -0.3 is 9.84 Å². The molecule has 6 nitrogen and oxygen atoms in total. The maximum absolute atomic E-state index is 11.7. The molecule has 0 aliphatic rings. The number of phenolic OH excluding ortho intramolecular Hbond substituents is 1. The number of methoxy groups -OCH3 is 1. The van der Waals surface area contributed by atoms with Crippen LogP contribution in [0.1, 0.15) is 5.56 Å². The van der Waals surface area contributed by atoms with E-state index in [9.17, 15) is 9.90 Å². The molecule has 22 heavy (non-hydrogen) atoms. The summed E-state index contributed by atoms with van der Waals surface area (Å²) >= 11 is 1.32. The van der Waals surface area contributed by atoms with Crippen LogP contribution in [0.15, 0.2) is 52.7 Å². The van der Waals surface area contributed by atoms with E-state index in [4.69, 9.17) is 4.74 Å². The Kier molecular flexibility index (Phi) is 5.79. The van der Waals surface area contributed by atoms with E-state index in [1.54, 1.807) is 18.3 Å². The van der Waals surface area contributed by atoms with Crippen molar-refractivity contribution in [3.8, 4) is 11.5 Å². The van der Waals surface area contributed by atoms with Crippen molar-refractivity contribution < 1.29 is 14.6 Å². The van der Waals surface area contributed by atoms with E-state index >= 15 is 0 Å². The molecule has 0 bridgehead atoms. The molecule has 1 heterocycles. The minimum atomic E-state index is -0.255. The lowest BCUT2D eigenvalue weighted by molar-refractivity contribution is -0.118. The first-order valence-electron chi connectivity index (χ1n) is 6.42. The normalized spacial score (nSPS) is 10.6. The van der Waals surface area contributed by atoms with Gasteiger partial charge in [0.15, 0.2) is 0 Å². The highest BCUT2D eigenvalue weighted by Crippen LogP contribution is 2.21. The first-order chi connectivity index (χ1) is 10.7. The molecule has 0 saturated carbocycles.